The summed E-state index contributed by atoms with van der Waals surface area (Å²) in [6, 6.07) is 5.33. The summed E-state index contributed by atoms with van der Waals surface area (Å²) in [6.07, 6.45) is 5.08. The van der Waals surface area contributed by atoms with Crippen LogP contribution in [0.1, 0.15) is 31.0 Å². The fraction of sp³-hybridized carbons (Fsp3) is 0.400. The molecule has 0 atom stereocenters. The van der Waals surface area contributed by atoms with E-state index in [9.17, 15) is 4.39 Å². The molecule has 2 aromatic rings. The van der Waals surface area contributed by atoms with Gasteiger partial charge in [0.15, 0.2) is 0 Å². The maximum absolute atomic E-state index is 14.0. The fourth-order valence-electron chi connectivity index (χ4n) is 2.36. The van der Waals surface area contributed by atoms with Crippen molar-refractivity contribution in [2.24, 2.45) is 0 Å². The van der Waals surface area contributed by atoms with Crippen LogP contribution in [0, 0.1) is 5.82 Å². The quantitative estimate of drug-likeness (QED) is 0.915. The fourth-order valence-corrected chi connectivity index (χ4v) is 2.60. The average molecular weight is 294 g/mol. The number of para-hydroxylation sites is 1. The van der Waals surface area contributed by atoms with Crippen LogP contribution in [0.2, 0.25) is 5.02 Å². The second-order valence-corrected chi connectivity index (χ2v) is 5.51. The van der Waals surface area contributed by atoms with Crippen LogP contribution in [0.5, 0.6) is 0 Å². The molecule has 106 valence electrons. The summed E-state index contributed by atoms with van der Waals surface area (Å²) in [7, 11) is 0. The number of hydrogen-bond acceptors (Lipinski definition) is 2. The van der Waals surface area contributed by atoms with Gasteiger partial charge < -0.3 is 5.32 Å². The van der Waals surface area contributed by atoms with Gasteiger partial charge in [-0.3, -0.25) is 0 Å². The number of aromatic nitrogens is 2. The predicted molar refractivity (Wildman–Crippen MR) is 77.8 cm³/mol. The second kappa shape index (κ2) is 5.54. The number of nitrogens with one attached hydrogen (secondary N) is 1. The zero-order valence-electron chi connectivity index (χ0n) is 11.4. The van der Waals surface area contributed by atoms with Gasteiger partial charge in [0.05, 0.1) is 11.2 Å². The zero-order valence-corrected chi connectivity index (χ0v) is 12.1. The van der Waals surface area contributed by atoms with Gasteiger partial charge in [-0.25, -0.2) is 9.07 Å². The minimum Gasteiger partial charge on any atom is -0.310 e. The van der Waals surface area contributed by atoms with Crippen molar-refractivity contribution in [3.63, 3.8) is 0 Å². The molecule has 20 heavy (non-hydrogen) atoms. The lowest BCUT2D eigenvalue weighted by Crippen LogP contribution is -2.16. The number of nitrogens with zero attached hydrogens (tertiary/aromatic N) is 2. The third kappa shape index (κ3) is 2.58. The van der Waals surface area contributed by atoms with Gasteiger partial charge in [-0.2, -0.15) is 5.10 Å². The van der Waals surface area contributed by atoms with E-state index in [0.717, 1.165) is 24.2 Å². The van der Waals surface area contributed by atoms with Gasteiger partial charge in [0.25, 0.3) is 0 Å². The highest BCUT2D eigenvalue weighted by Gasteiger charge is 2.22. The predicted octanol–water partition coefficient (Wildman–Crippen LogP) is 3.48. The Balaban J connectivity index is 1.96. The van der Waals surface area contributed by atoms with Crippen LogP contribution in [-0.4, -0.2) is 15.8 Å². The number of halogens is 2. The largest absolute Gasteiger partial charge is 0.310 e. The standard InChI is InChI=1S/C15H17ClFN3/c1-2-14-10(8-18-11-6-7-11)9-19-20(14)15-12(16)4-3-5-13(15)17/h3-5,9,11,18H,2,6-8H2,1H3. The van der Waals surface area contributed by atoms with Crippen molar-refractivity contribution in [3.05, 3.63) is 46.5 Å². The van der Waals surface area contributed by atoms with E-state index in [1.165, 1.54) is 18.9 Å². The molecule has 0 saturated heterocycles. The van der Waals surface area contributed by atoms with E-state index in [2.05, 4.69) is 10.4 Å². The molecule has 1 saturated carbocycles. The van der Waals surface area contributed by atoms with Gasteiger partial charge in [0.1, 0.15) is 11.5 Å². The Morgan fingerprint density at radius 1 is 1.45 bits per heavy atom. The molecular weight excluding hydrogens is 277 g/mol. The number of rotatable bonds is 5. The first kappa shape index (κ1) is 13.6. The molecule has 0 radical (unpaired) electrons. The molecule has 1 heterocycles. The van der Waals surface area contributed by atoms with Crippen LogP contribution in [0.4, 0.5) is 4.39 Å². The van der Waals surface area contributed by atoms with Crippen molar-refractivity contribution in [1.82, 2.24) is 15.1 Å². The molecule has 0 bridgehead atoms. The second-order valence-electron chi connectivity index (χ2n) is 5.11. The van der Waals surface area contributed by atoms with E-state index >= 15 is 0 Å². The maximum Gasteiger partial charge on any atom is 0.150 e. The summed E-state index contributed by atoms with van der Waals surface area (Å²) < 4.78 is 15.7. The molecule has 1 aliphatic carbocycles. The van der Waals surface area contributed by atoms with E-state index < -0.39 is 0 Å². The number of hydrogen-bond donors (Lipinski definition) is 1. The molecule has 1 aromatic heterocycles. The van der Waals surface area contributed by atoms with Crippen molar-refractivity contribution >= 4 is 11.6 Å². The van der Waals surface area contributed by atoms with Crippen LogP contribution in [0.3, 0.4) is 0 Å². The van der Waals surface area contributed by atoms with Gasteiger partial charge in [-0.1, -0.05) is 24.6 Å². The van der Waals surface area contributed by atoms with Gasteiger partial charge >= 0.3 is 0 Å². The Labute approximate surface area is 122 Å². The first-order chi connectivity index (χ1) is 9.70. The van der Waals surface area contributed by atoms with Crippen LogP contribution < -0.4 is 5.32 Å². The summed E-state index contributed by atoms with van der Waals surface area (Å²) >= 11 is 6.12. The van der Waals surface area contributed by atoms with E-state index in [1.54, 1.807) is 23.0 Å². The topological polar surface area (TPSA) is 29.9 Å². The van der Waals surface area contributed by atoms with E-state index in [1.807, 2.05) is 6.92 Å². The lowest BCUT2D eigenvalue weighted by molar-refractivity contribution is 0.606. The summed E-state index contributed by atoms with van der Waals surface area (Å²) in [5.41, 5.74) is 2.45. The minimum atomic E-state index is -0.350. The minimum absolute atomic E-state index is 0.337. The van der Waals surface area contributed by atoms with E-state index in [4.69, 9.17) is 11.6 Å². The van der Waals surface area contributed by atoms with Crippen molar-refractivity contribution in [1.29, 1.82) is 0 Å². The van der Waals surface area contributed by atoms with Crippen LogP contribution in [0.15, 0.2) is 24.4 Å². The first-order valence-electron chi connectivity index (χ1n) is 6.94. The Hall–Kier alpha value is -1.39. The highest BCUT2D eigenvalue weighted by Crippen LogP contribution is 2.26. The van der Waals surface area contributed by atoms with Crippen molar-refractivity contribution in [2.75, 3.05) is 0 Å². The molecule has 3 nitrogen and oxygen atoms in total. The third-order valence-electron chi connectivity index (χ3n) is 3.60. The SMILES string of the molecule is CCc1c(CNC2CC2)cnn1-c1c(F)cccc1Cl. The zero-order chi connectivity index (χ0) is 14.1. The van der Waals surface area contributed by atoms with Gasteiger partial charge in [0.2, 0.25) is 0 Å². The van der Waals surface area contributed by atoms with Crippen LogP contribution >= 0.6 is 11.6 Å². The summed E-state index contributed by atoms with van der Waals surface area (Å²) in [5, 5.41) is 8.17. The summed E-state index contributed by atoms with van der Waals surface area (Å²) in [5.74, 6) is -0.350. The molecule has 0 unspecified atom stereocenters. The molecule has 0 amide bonds. The highest BCUT2D eigenvalue weighted by atomic mass is 35.5. The van der Waals surface area contributed by atoms with Gasteiger partial charge in [-0.15, -0.1) is 0 Å². The monoisotopic (exact) mass is 293 g/mol. The molecule has 1 aromatic carbocycles. The van der Waals surface area contributed by atoms with Gasteiger partial charge in [0, 0.05) is 23.8 Å². The Bertz CT molecular complexity index is 599. The van der Waals surface area contributed by atoms with E-state index in [-0.39, 0.29) is 5.82 Å². The molecule has 3 rings (SSSR count). The lowest BCUT2D eigenvalue weighted by atomic mass is 10.2. The third-order valence-corrected chi connectivity index (χ3v) is 3.90. The van der Waals surface area contributed by atoms with Crippen LogP contribution in [0.25, 0.3) is 5.69 Å². The molecule has 5 heteroatoms. The lowest BCUT2D eigenvalue weighted by Gasteiger charge is -2.11. The summed E-state index contributed by atoms with van der Waals surface area (Å²) in [4.78, 5) is 0. The molecule has 1 aliphatic rings. The Morgan fingerprint density at radius 3 is 2.90 bits per heavy atom. The molecule has 1 N–H and O–H groups in total. The molecule has 1 fully saturated rings. The van der Waals surface area contributed by atoms with Crippen LogP contribution in [-0.2, 0) is 13.0 Å². The highest BCUT2D eigenvalue weighted by molar-refractivity contribution is 6.32. The summed E-state index contributed by atoms with van der Waals surface area (Å²) in [6.45, 7) is 2.82. The Kier molecular flexibility index (Phi) is 3.76. The molecular formula is C15H17ClFN3. The Morgan fingerprint density at radius 2 is 2.25 bits per heavy atom. The molecule has 0 aliphatic heterocycles. The van der Waals surface area contributed by atoms with Crippen molar-refractivity contribution < 1.29 is 4.39 Å². The van der Waals surface area contributed by atoms with E-state index in [0.29, 0.717) is 16.8 Å². The van der Waals surface area contributed by atoms with Crippen molar-refractivity contribution in [3.8, 4) is 5.69 Å². The number of benzene rings is 1. The first-order valence-corrected chi connectivity index (χ1v) is 7.32. The van der Waals surface area contributed by atoms with Crippen molar-refractivity contribution in [2.45, 2.75) is 38.8 Å². The normalized spacial score (nSPS) is 14.8. The molecule has 0 spiro atoms. The average Bonchev–Trinajstić information content (AvgIpc) is 3.17. The smallest absolute Gasteiger partial charge is 0.150 e. The maximum atomic E-state index is 14.0. The van der Waals surface area contributed by atoms with Gasteiger partial charge in [-0.05, 0) is 31.4 Å².